The maximum absolute atomic E-state index is 12.9. The van der Waals surface area contributed by atoms with Gasteiger partial charge < -0.3 is 10.1 Å². The zero-order chi connectivity index (χ0) is 12.8. The summed E-state index contributed by atoms with van der Waals surface area (Å²) >= 11 is 0. The summed E-state index contributed by atoms with van der Waals surface area (Å²) < 4.78 is 18.0. The van der Waals surface area contributed by atoms with Crippen molar-refractivity contribution in [2.24, 2.45) is 0 Å². The second-order valence-corrected chi connectivity index (χ2v) is 4.65. The van der Waals surface area contributed by atoms with Crippen LogP contribution < -0.4 is 5.32 Å². The van der Waals surface area contributed by atoms with Crippen LogP contribution in [-0.2, 0) is 11.3 Å². The molecule has 0 bridgehead atoms. The van der Waals surface area contributed by atoms with E-state index in [1.54, 1.807) is 0 Å². The first-order valence-electron chi connectivity index (χ1n) is 6.35. The number of alkyl carbamates (subject to hydrolysis) is 1. The van der Waals surface area contributed by atoms with Gasteiger partial charge in [-0.2, -0.15) is 0 Å². The zero-order valence-corrected chi connectivity index (χ0v) is 10.3. The fraction of sp³-hybridized carbons (Fsp3) is 0.500. The fourth-order valence-electron chi connectivity index (χ4n) is 2.13. The van der Waals surface area contributed by atoms with E-state index in [-0.39, 0.29) is 12.6 Å². The molecule has 0 saturated heterocycles. The van der Waals surface area contributed by atoms with Gasteiger partial charge in [0.25, 0.3) is 0 Å². The summed E-state index contributed by atoms with van der Waals surface area (Å²) in [6, 6.07) is 9.58. The monoisotopic (exact) mass is 251 g/mol. The van der Waals surface area contributed by atoms with Crippen LogP contribution in [0.1, 0.15) is 31.2 Å². The molecule has 0 aliphatic heterocycles. The van der Waals surface area contributed by atoms with Crippen molar-refractivity contribution in [1.29, 1.82) is 0 Å². The third-order valence-electron chi connectivity index (χ3n) is 3.19. The van der Waals surface area contributed by atoms with Crippen LogP contribution in [0.3, 0.4) is 0 Å². The number of carbonyl (C=O) groups excluding carboxylic acids is 1. The van der Waals surface area contributed by atoms with E-state index in [1.165, 1.54) is 0 Å². The Morgan fingerprint density at radius 3 is 2.56 bits per heavy atom. The van der Waals surface area contributed by atoms with Crippen LogP contribution >= 0.6 is 0 Å². The lowest BCUT2D eigenvalue weighted by molar-refractivity contribution is 0.128. The molecule has 0 heterocycles. The lowest BCUT2D eigenvalue weighted by atomic mass is 9.94. The standard InChI is InChI=1S/C14H18FNO2/c15-12-6-8-13(9-7-12)16-14(17)18-10-11-4-2-1-3-5-11/h1-5,12-13H,6-10H2,(H,16,17). The zero-order valence-electron chi connectivity index (χ0n) is 10.3. The third kappa shape index (κ3) is 4.02. The van der Waals surface area contributed by atoms with Crippen molar-refractivity contribution < 1.29 is 13.9 Å². The van der Waals surface area contributed by atoms with Gasteiger partial charge in [-0.15, -0.1) is 0 Å². The van der Waals surface area contributed by atoms with E-state index in [0.29, 0.717) is 25.7 Å². The predicted octanol–water partition coefficient (Wildman–Crippen LogP) is 3.19. The molecule has 0 unspecified atom stereocenters. The minimum atomic E-state index is -0.705. The minimum absolute atomic E-state index is 0.0558. The van der Waals surface area contributed by atoms with Crippen molar-refractivity contribution in [2.75, 3.05) is 0 Å². The van der Waals surface area contributed by atoms with Crippen LogP contribution in [0.2, 0.25) is 0 Å². The number of hydrogen-bond donors (Lipinski definition) is 1. The van der Waals surface area contributed by atoms with Gasteiger partial charge in [0.05, 0.1) is 0 Å². The maximum atomic E-state index is 12.9. The van der Waals surface area contributed by atoms with E-state index in [9.17, 15) is 9.18 Å². The molecule has 1 aliphatic carbocycles. The molecule has 0 radical (unpaired) electrons. The van der Waals surface area contributed by atoms with Crippen molar-refractivity contribution in [3.05, 3.63) is 35.9 Å². The van der Waals surface area contributed by atoms with Gasteiger partial charge in [0, 0.05) is 6.04 Å². The molecule has 98 valence electrons. The predicted molar refractivity (Wildman–Crippen MR) is 66.9 cm³/mol. The van der Waals surface area contributed by atoms with E-state index < -0.39 is 12.3 Å². The van der Waals surface area contributed by atoms with Gasteiger partial charge in [-0.1, -0.05) is 30.3 Å². The van der Waals surface area contributed by atoms with E-state index in [0.717, 1.165) is 5.56 Å². The maximum Gasteiger partial charge on any atom is 0.407 e. The number of alkyl halides is 1. The molecular weight excluding hydrogens is 233 g/mol. The summed E-state index contributed by atoms with van der Waals surface area (Å²) in [6.07, 6.45) is 1.33. The number of rotatable bonds is 3. The Morgan fingerprint density at radius 1 is 1.22 bits per heavy atom. The molecule has 1 aliphatic rings. The highest BCUT2D eigenvalue weighted by atomic mass is 19.1. The van der Waals surface area contributed by atoms with Gasteiger partial charge in [0.1, 0.15) is 12.8 Å². The van der Waals surface area contributed by atoms with Crippen molar-refractivity contribution in [2.45, 2.75) is 44.5 Å². The van der Waals surface area contributed by atoms with Crippen molar-refractivity contribution >= 4 is 6.09 Å². The molecular formula is C14H18FNO2. The van der Waals surface area contributed by atoms with Crippen molar-refractivity contribution in [3.63, 3.8) is 0 Å². The summed E-state index contributed by atoms with van der Waals surface area (Å²) in [4.78, 5) is 11.5. The molecule has 1 N–H and O–H groups in total. The number of amides is 1. The summed E-state index contributed by atoms with van der Waals surface area (Å²) in [5.41, 5.74) is 0.958. The largest absolute Gasteiger partial charge is 0.445 e. The van der Waals surface area contributed by atoms with Gasteiger partial charge in [0.15, 0.2) is 0 Å². The Morgan fingerprint density at radius 2 is 1.89 bits per heavy atom. The van der Waals surface area contributed by atoms with E-state index in [4.69, 9.17) is 4.74 Å². The van der Waals surface area contributed by atoms with Crippen LogP contribution in [0, 0.1) is 0 Å². The SMILES string of the molecule is O=C(NC1CCC(F)CC1)OCc1ccccc1. The molecule has 1 aromatic carbocycles. The van der Waals surface area contributed by atoms with Gasteiger partial charge in [-0.05, 0) is 31.2 Å². The first kappa shape index (κ1) is 12.9. The lowest BCUT2D eigenvalue weighted by Crippen LogP contribution is -2.38. The normalized spacial score (nSPS) is 23.4. The fourth-order valence-corrected chi connectivity index (χ4v) is 2.13. The molecule has 3 nitrogen and oxygen atoms in total. The number of nitrogens with one attached hydrogen (secondary N) is 1. The Labute approximate surface area is 106 Å². The molecule has 1 amide bonds. The molecule has 2 rings (SSSR count). The number of halogens is 1. The average molecular weight is 251 g/mol. The highest BCUT2D eigenvalue weighted by Gasteiger charge is 2.22. The van der Waals surface area contributed by atoms with E-state index in [2.05, 4.69) is 5.32 Å². The molecule has 4 heteroatoms. The number of hydrogen-bond acceptors (Lipinski definition) is 2. The van der Waals surface area contributed by atoms with Crippen LogP contribution in [0.25, 0.3) is 0 Å². The number of benzene rings is 1. The third-order valence-corrected chi connectivity index (χ3v) is 3.19. The van der Waals surface area contributed by atoms with Crippen LogP contribution in [0.5, 0.6) is 0 Å². The molecule has 0 atom stereocenters. The summed E-state index contributed by atoms with van der Waals surface area (Å²) in [7, 11) is 0. The first-order valence-corrected chi connectivity index (χ1v) is 6.35. The average Bonchev–Trinajstić information content (AvgIpc) is 2.40. The topological polar surface area (TPSA) is 38.3 Å². The number of ether oxygens (including phenoxy) is 1. The Balaban J connectivity index is 1.69. The van der Waals surface area contributed by atoms with Gasteiger partial charge >= 0.3 is 6.09 Å². The Kier molecular flexibility index (Phi) is 4.56. The highest BCUT2D eigenvalue weighted by molar-refractivity contribution is 5.67. The summed E-state index contributed by atoms with van der Waals surface area (Å²) in [5, 5.41) is 2.78. The van der Waals surface area contributed by atoms with Crippen molar-refractivity contribution in [3.8, 4) is 0 Å². The molecule has 1 saturated carbocycles. The Bertz CT molecular complexity index is 375. The first-order chi connectivity index (χ1) is 8.74. The lowest BCUT2D eigenvalue weighted by Gasteiger charge is -2.24. The second kappa shape index (κ2) is 6.38. The molecule has 1 fully saturated rings. The van der Waals surface area contributed by atoms with Crippen LogP contribution in [-0.4, -0.2) is 18.3 Å². The smallest absolute Gasteiger partial charge is 0.407 e. The number of carbonyl (C=O) groups is 1. The van der Waals surface area contributed by atoms with Crippen molar-refractivity contribution in [1.82, 2.24) is 5.32 Å². The second-order valence-electron chi connectivity index (χ2n) is 4.65. The highest BCUT2D eigenvalue weighted by Crippen LogP contribution is 2.20. The van der Waals surface area contributed by atoms with Gasteiger partial charge in [-0.3, -0.25) is 0 Å². The summed E-state index contributed by atoms with van der Waals surface area (Å²) in [5.74, 6) is 0. The van der Waals surface area contributed by atoms with Crippen LogP contribution in [0.15, 0.2) is 30.3 Å². The van der Waals surface area contributed by atoms with Gasteiger partial charge in [-0.25, -0.2) is 9.18 Å². The van der Waals surface area contributed by atoms with E-state index >= 15 is 0 Å². The molecule has 1 aromatic rings. The Hall–Kier alpha value is -1.58. The quantitative estimate of drug-likeness (QED) is 0.896. The molecule has 0 spiro atoms. The molecule has 18 heavy (non-hydrogen) atoms. The minimum Gasteiger partial charge on any atom is -0.445 e. The van der Waals surface area contributed by atoms with E-state index in [1.807, 2.05) is 30.3 Å². The summed E-state index contributed by atoms with van der Waals surface area (Å²) in [6.45, 7) is 0.269. The van der Waals surface area contributed by atoms with Crippen LogP contribution in [0.4, 0.5) is 9.18 Å². The van der Waals surface area contributed by atoms with Gasteiger partial charge in [0.2, 0.25) is 0 Å². The molecule has 0 aromatic heterocycles.